The Kier molecular flexibility index (Phi) is 6.06. The number of likely N-dealkylation sites (tertiary alicyclic amines) is 1. The van der Waals surface area contributed by atoms with Gasteiger partial charge in [-0.15, -0.1) is 0 Å². The normalized spacial score (nSPS) is 16.9. The average molecular weight is 425 g/mol. The van der Waals surface area contributed by atoms with Crippen LogP contribution in [0, 0.1) is 6.92 Å². The molecule has 4 rings (SSSR count). The highest BCUT2D eigenvalue weighted by atomic mass is 35.5. The van der Waals surface area contributed by atoms with Crippen molar-refractivity contribution in [3.8, 4) is 11.1 Å². The van der Waals surface area contributed by atoms with Crippen molar-refractivity contribution < 1.29 is 0 Å². The highest BCUT2D eigenvalue weighted by molar-refractivity contribution is 6.30. The minimum absolute atomic E-state index is 0.252. The first-order valence-corrected chi connectivity index (χ1v) is 10.9. The van der Waals surface area contributed by atoms with Crippen LogP contribution in [-0.2, 0) is 13.1 Å². The third kappa shape index (κ3) is 4.07. The fraction of sp³-hybridized carbons (Fsp3) is 0.435. The van der Waals surface area contributed by atoms with Gasteiger partial charge in [-0.05, 0) is 50.9 Å². The van der Waals surface area contributed by atoms with Gasteiger partial charge in [0.15, 0.2) is 0 Å². The van der Waals surface area contributed by atoms with Crippen molar-refractivity contribution in [2.45, 2.75) is 45.8 Å². The molecule has 0 amide bonds. The maximum Gasteiger partial charge on any atom is 0.225 e. The second kappa shape index (κ2) is 8.74. The molecule has 0 saturated carbocycles. The third-order valence-corrected chi connectivity index (χ3v) is 6.17. The summed E-state index contributed by atoms with van der Waals surface area (Å²) in [5, 5.41) is 5.26. The van der Waals surface area contributed by atoms with Crippen LogP contribution in [0.25, 0.3) is 11.1 Å². The van der Waals surface area contributed by atoms with E-state index in [1.807, 2.05) is 43.5 Å². The summed E-state index contributed by atoms with van der Waals surface area (Å²) in [6.07, 6.45) is 6.22. The quantitative estimate of drug-likeness (QED) is 0.572. The first-order valence-electron chi connectivity index (χ1n) is 10.5. The molecule has 3 aromatic rings. The van der Waals surface area contributed by atoms with Gasteiger partial charge in [0.1, 0.15) is 0 Å². The summed E-state index contributed by atoms with van der Waals surface area (Å²) < 4.78 is 2.06. The third-order valence-electron chi connectivity index (χ3n) is 5.92. The largest absolute Gasteiger partial charge is 0.347 e. The smallest absolute Gasteiger partial charge is 0.225 e. The SMILES string of the molecule is CCn1ncc(CN2CCC[C@@H]2c2nc(N(C)C)ncc2-c2ccc(Cl)cc2)c1C. The molecule has 30 heavy (non-hydrogen) atoms. The molecule has 1 aliphatic rings. The molecule has 0 N–H and O–H groups in total. The van der Waals surface area contributed by atoms with Crippen LogP contribution >= 0.6 is 11.6 Å². The van der Waals surface area contributed by atoms with Crippen LogP contribution in [0.4, 0.5) is 5.95 Å². The van der Waals surface area contributed by atoms with Crippen molar-refractivity contribution in [1.82, 2.24) is 24.6 Å². The Labute approximate surface area is 183 Å². The van der Waals surface area contributed by atoms with Crippen LogP contribution in [0.15, 0.2) is 36.7 Å². The Balaban J connectivity index is 1.72. The molecule has 0 aliphatic carbocycles. The summed E-state index contributed by atoms with van der Waals surface area (Å²) in [4.78, 5) is 14.1. The Morgan fingerprint density at radius 1 is 1.17 bits per heavy atom. The molecule has 0 bridgehead atoms. The molecule has 1 fully saturated rings. The standard InChI is InChI=1S/C23H29ClN6/c1-5-30-16(2)18(13-26-30)15-29-12-6-7-21(29)22-20(14-25-23(27-22)28(3)4)17-8-10-19(24)11-9-17/h8-11,13-14,21H,5-7,12,15H2,1-4H3/t21-/m1/s1. The van der Waals surface area contributed by atoms with Crippen LogP contribution < -0.4 is 4.90 Å². The molecule has 3 heterocycles. The van der Waals surface area contributed by atoms with Gasteiger partial charge in [0.25, 0.3) is 0 Å². The summed E-state index contributed by atoms with van der Waals surface area (Å²) in [5.41, 5.74) is 5.81. The Bertz CT molecular complexity index is 1010. The lowest BCUT2D eigenvalue weighted by Crippen LogP contribution is -2.25. The lowest BCUT2D eigenvalue weighted by Gasteiger charge is -2.26. The lowest BCUT2D eigenvalue weighted by atomic mass is 9.99. The topological polar surface area (TPSA) is 50.1 Å². The zero-order valence-electron chi connectivity index (χ0n) is 18.1. The molecule has 0 spiro atoms. The van der Waals surface area contributed by atoms with E-state index in [1.165, 1.54) is 11.3 Å². The maximum atomic E-state index is 6.12. The van der Waals surface area contributed by atoms with Gasteiger partial charge >= 0.3 is 0 Å². The molecular weight excluding hydrogens is 396 g/mol. The molecule has 7 heteroatoms. The zero-order chi connectivity index (χ0) is 21.3. The van der Waals surface area contributed by atoms with Gasteiger partial charge in [0.2, 0.25) is 5.95 Å². The number of aryl methyl sites for hydroxylation is 1. The van der Waals surface area contributed by atoms with Crippen molar-refractivity contribution in [2.75, 3.05) is 25.5 Å². The molecule has 1 saturated heterocycles. The van der Waals surface area contributed by atoms with Crippen LogP contribution in [0.3, 0.4) is 0 Å². The molecule has 0 radical (unpaired) electrons. The summed E-state index contributed by atoms with van der Waals surface area (Å²) in [5.74, 6) is 0.740. The number of halogens is 1. The Morgan fingerprint density at radius 3 is 2.60 bits per heavy atom. The molecule has 158 valence electrons. The highest BCUT2D eigenvalue weighted by Gasteiger charge is 2.31. The number of rotatable bonds is 6. The van der Waals surface area contributed by atoms with E-state index in [0.717, 1.165) is 60.3 Å². The fourth-order valence-electron chi connectivity index (χ4n) is 4.21. The van der Waals surface area contributed by atoms with Crippen LogP contribution in [0.5, 0.6) is 0 Å². The summed E-state index contributed by atoms with van der Waals surface area (Å²) in [6, 6.07) is 8.20. The number of aromatic nitrogens is 4. The predicted molar refractivity (Wildman–Crippen MR) is 122 cm³/mol. The first kappa shape index (κ1) is 20.8. The van der Waals surface area contributed by atoms with Crippen molar-refractivity contribution >= 4 is 17.5 Å². The number of nitrogens with zero attached hydrogens (tertiary/aromatic N) is 6. The van der Waals surface area contributed by atoms with E-state index in [4.69, 9.17) is 16.6 Å². The number of hydrogen-bond acceptors (Lipinski definition) is 5. The molecule has 6 nitrogen and oxygen atoms in total. The van der Waals surface area contributed by atoms with Gasteiger partial charge in [0.05, 0.1) is 17.9 Å². The minimum atomic E-state index is 0.252. The van der Waals surface area contributed by atoms with E-state index >= 15 is 0 Å². The van der Waals surface area contributed by atoms with Crippen molar-refractivity contribution in [3.63, 3.8) is 0 Å². The van der Waals surface area contributed by atoms with Crippen molar-refractivity contribution in [2.24, 2.45) is 0 Å². The van der Waals surface area contributed by atoms with Crippen LogP contribution in [0.2, 0.25) is 5.02 Å². The predicted octanol–water partition coefficient (Wildman–Crippen LogP) is 4.72. The Hall–Kier alpha value is -2.44. The van der Waals surface area contributed by atoms with E-state index < -0.39 is 0 Å². The molecule has 1 aliphatic heterocycles. The van der Waals surface area contributed by atoms with Crippen LogP contribution in [-0.4, -0.2) is 45.3 Å². The van der Waals surface area contributed by atoms with E-state index in [2.05, 4.69) is 45.6 Å². The molecular formula is C23H29ClN6. The molecule has 1 aromatic carbocycles. The number of anilines is 1. The fourth-order valence-corrected chi connectivity index (χ4v) is 4.34. The minimum Gasteiger partial charge on any atom is -0.347 e. The second-order valence-electron chi connectivity index (χ2n) is 8.07. The summed E-state index contributed by atoms with van der Waals surface area (Å²) in [7, 11) is 3.96. The average Bonchev–Trinajstić information content (AvgIpc) is 3.35. The number of benzene rings is 1. The first-order chi connectivity index (χ1) is 14.5. The second-order valence-corrected chi connectivity index (χ2v) is 8.51. The lowest BCUT2D eigenvalue weighted by molar-refractivity contribution is 0.244. The van der Waals surface area contributed by atoms with E-state index in [1.54, 1.807) is 0 Å². The summed E-state index contributed by atoms with van der Waals surface area (Å²) in [6.45, 7) is 7.13. The molecule has 2 aromatic heterocycles. The van der Waals surface area contributed by atoms with Gasteiger partial charge in [-0.3, -0.25) is 9.58 Å². The van der Waals surface area contributed by atoms with Crippen molar-refractivity contribution in [1.29, 1.82) is 0 Å². The number of hydrogen-bond donors (Lipinski definition) is 0. The van der Waals surface area contributed by atoms with Gasteiger partial charge in [-0.1, -0.05) is 23.7 Å². The van der Waals surface area contributed by atoms with Crippen molar-refractivity contribution in [3.05, 3.63) is 58.6 Å². The van der Waals surface area contributed by atoms with Crippen LogP contribution in [0.1, 0.15) is 42.8 Å². The highest BCUT2D eigenvalue weighted by Crippen LogP contribution is 2.38. The summed E-state index contributed by atoms with van der Waals surface area (Å²) >= 11 is 6.12. The monoisotopic (exact) mass is 424 g/mol. The van der Waals surface area contributed by atoms with Gasteiger partial charge in [0, 0.05) is 55.2 Å². The van der Waals surface area contributed by atoms with E-state index in [0.29, 0.717) is 0 Å². The molecule has 0 unspecified atom stereocenters. The van der Waals surface area contributed by atoms with Gasteiger partial charge in [-0.2, -0.15) is 5.10 Å². The van der Waals surface area contributed by atoms with E-state index in [-0.39, 0.29) is 6.04 Å². The van der Waals surface area contributed by atoms with Gasteiger partial charge in [-0.25, -0.2) is 9.97 Å². The molecule has 1 atom stereocenters. The maximum absolute atomic E-state index is 6.12. The van der Waals surface area contributed by atoms with Gasteiger partial charge < -0.3 is 4.90 Å². The Morgan fingerprint density at radius 2 is 1.93 bits per heavy atom. The zero-order valence-corrected chi connectivity index (χ0v) is 18.9. The van der Waals surface area contributed by atoms with E-state index in [9.17, 15) is 0 Å².